The average Bonchev–Trinajstić information content (AvgIpc) is 2.81. The topological polar surface area (TPSA) is 58.6 Å². The van der Waals surface area contributed by atoms with E-state index in [2.05, 4.69) is 12.2 Å². The van der Waals surface area contributed by atoms with Gasteiger partial charge in [0.05, 0.1) is 0 Å². The maximum Gasteiger partial charge on any atom is 0.261 e. The van der Waals surface area contributed by atoms with E-state index in [1.807, 2.05) is 72.8 Å². The molecule has 0 aliphatic heterocycles. The zero-order chi connectivity index (χ0) is 22.1. The van der Waals surface area contributed by atoms with Crippen LogP contribution in [-0.2, 0) is 16.1 Å². The first-order chi connectivity index (χ1) is 15.1. The molecule has 0 bridgehead atoms. The Morgan fingerprint density at radius 3 is 2.45 bits per heavy atom. The first kappa shape index (κ1) is 22.3. The van der Waals surface area contributed by atoms with Gasteiger partial charge >= 0.3 is 0 Å². The van der Waals surface area contributed by atoms with Crippen molar-refractivity contribution in [3.8, 4) is 5.75 Å². The second kappa shape index (κ2) is 11.2. The van der Waals surface area contributed by atoms with Gasteiger partial charge in [-0.15, -0.1) is 0 Å². The van der Waals surface area contributed by atoms with Crippen molar-refractivity contribution in [2.75, 3.05) is 13.2 Å². The molecule has 0 saturated carbocycles. The smallest absolute Gasteiger partial charge is 0.261 e. The van der Waals surface area contributed by atoms with Gasteiger partial charge in [-0.3, -0.25) is 9.59 Å². The molecule has 162 valence electrons. The van der Waals surface area contributed by atoms with Gasteiger partial charge in [0.15, 0.2) is 6.61 Å². The summed E-state index contributed by atoms with van der Waals surface area (Å²) in [6.07, 6.45) is 1.91. The van der Waals surface area contributed by atoms with Gasteiger partial charge in [-0.1, -0.05) is 80.1 Å². The molecule has 2 amide bonds. The standard InChI is InChI=1S/C26H30N2O3/c1-3-4-17-27-26(30)20(2)28(18-21-11-6-5-7-12-21)25(29)19-31-24-16-10-14-22-13-8-9-15-23(22)24/h5-16,20H,3-4,17-19H2,1-2H3,(H,27,30). The third-order valence-electron chi connectivity index (χ3n) is 5.29. The van der Waals surface area contributed by atoms with E-state index in [0.29, 0.717) is 18.8 Å². The zero-order valence-electron chi connectivity index (χ0n) is 18.2. The summed E-state index contributed by atoms with van der Waals surface area (Å²) < 4.78 is 5.91. The molecule has 0 aliphatic rings. The van der Waals surface area contributed by atoms with Crippen molar-refractivity contribution in [3.63, 3.8) is 0 Å². The number of amides is 2. The van der Waals surface area contributed by atoms with Crippen LogP contribution >= 0.6 is 0 Å². The summed E-state index contributed by atoms with van der Waals surface area (Å²) >= 11 is 0. The van der Waals surface area contributed by atoms with Gasteiger partial charge in [0.2, 0.25) is 5.91 Å². The molecule has 0 radical (unpaired) electrons. The minimum absolute atomic E-state index is 0.132. The van der Waals surface area contributed by atoms with Crippen molar-refractivity contribution in [1.82, 2.24) is 10.2 Å². The molecular weight excluding hydrogens is 388 g/mol. The summed E-state index contributed by atoms with van der Waals surface area (Å²) in [5, 5.41) is 4.94. The van der Waals surface area contributed by atoms with Crippen LogP contribution in [0, 0.1) is 0 Å². The van der Waals surface area contributed by atoms with Crippen LogP contribution in [0.25, 0.3) is 10.8 Å². The lowest BCUT2D eigenvalue weighted by Crippen LogP contribution is -2.49. The quantitative estimate of drug-likeness (QED) is 0.491. The van der Waals surface area contributed by atoms with Gasteiger partial charge in [-0.2, -0.15) is 0 Å². The zero-order valence-corrected chi connectivity index (χ0v) is 18.2. The number of nitrogens with one attached hydrogen (secondary N) is 1. The maximum absolute atomic E-state index is 13.2. The second-order valence-corrected chi connectivity index (χ2v) is 7.59. The molecule has 3 aromatic rings. The Hall–Kier alpha value is -3.34. The lowest BCUT2D eigenvalue weighted by atomic mass is 10.1. The van der Waals surface area contributed by atoms with E-state index in [1.54, 1.807) is 11.8 Å². The molecule has 1 unspecified atom stereocenters. The molecular formula is C26H30N2O3. The van der Waals surface area contributed by atoms with Gasteiger partial charge < -0.3 is 15.0 Å². The Morgan fingerprint density at radius 1 is 0.968 bits per heavy atom. The highest BCUT2D eigenvalue weighted by Crippen LogP contribution is 2.25. The van der Waals surface area contributed by atoms with E-state index in [4.69, 9.17) is 4.74 Å². The number of carbonyl (C=O) groups is 2. The Morgan fingerprint density at radius 2 is 1.68 bits per heavy atom. The fourth-order valence-corrected chi connectivity index (χ4v) is 3.44. The maximum atomic E-state index is 13.2. The molecule has 3 rings (SSSR count). The van der Waals surface area contributed by atoms with Crippen molar-refractivity contribution in [2.24, 2.45) is 0 Å². The summed E-state index contributed by atoms with van der Waals surface area (Å²) in [5.41, 5.74) is 0.967. The van der Waals surface area contributed by atoms with Crippen LogP contribution in [0.15, 0.2) is 72.8 Å². The lowest BCUT2D eigenvalue weighted by molar-refractivity contribution is -0.142. The van der Waals surface area contributed by atoms with Gasteiger partial charge in [-0.25, -0.2) is 0 Å². The number of benzene rings is 3. The minimum atomic E-state index is -0.597. The number of hydrogen-bond acceptors (Lipinski definition) is 3. The van der Waals surface area contributed by atoms with Crippen molar-refractivity contribution >= 4 is 22.6 Å². The average molecular weight is 419 g/mol. The highest BCUT2D eigenvalue weighted by molar-refractivity contribution is 5.90. The number of rotatable bonds is 10. The van der Waals surface area contributed by atoms with Crippen molar-refractivity contribution in [3.05, 3.63) is 78.4 Å². The SMILES string of the molecule is CCCCNC(=O)C(C)N(Cc1ccccc1)C(=O)COc1cccc2ccccc12. The second-order valence-electron chi connectivity index (χ2n) is 7.59. The van der Waals surface area contributed by atoms with Crippen molar-refractivity contribution in [2.45, 2.75) is 39.3 Å². The molecule has 5 nitrogen and oxygen atoms in total. The molecule has 5 heteroatoms. The predicted molar refractivity (Wildman–Crippen MR) is 124 cm³/mol. The molecule has 0 saturated heterocycles. The van der Waals surface area contributed by atoms with E-state index in [-0.39, 0.29) is 18.4 Å². The molecule has 0 fully saturated rings. The highest BCUT2D eigenvalue weighted by atomic mass is 16.5. The van der Waals surface area contributed by atoms with Gasteiger partial charge in [0.1, 0.15) is 11.8 Å². The number of carbonyl (C=O) groups excluding carboxylic acids is 2. The van der Waals surface area contributed by atoms with Crippen LogP contribution in [0.4, 0.5) is 0 Å². The van der Waals surface area contributed by atoms with Crippen LogP contribution in [0.3, 0.4) is 0 Å². The number of ether oxygens (including phenoxy) is 1. The molecule has 0 heterocycles. The van der Waals surface area contributed by atoms with E-state index in [9.17, 15) is 9.59 Å². The number of fused-ring (bicyclic) bond motifs is 1. The van der Waals surface area contributed by atoms with Crippen LogP contribution in [0.1, 0.15) is 32.3 Å². The molecule has 31 heavy (non-hydrogen) atoms. The fourth-order valence-electron chi connectivity index (χ4n) is 3.44. The summed E-state index contributed by atoms with van der Waals surface area (Å²) in [7, 11) is 0. The predicted octanol–water partition coefficient (Wildman–Crippen LogP) is 4.55. The Bertz CT molecular complexity index is 998. The van der Waals surface area contributed by atoms with Gasteiger partial charge in [-0.05, 0) is 30.4 Å². The summed E-state index contributed by atoms with van der Waals surface area (Å²) in [5.74, 6) is 0.281. The largest absolute Gasteiger partial charge is 0.483 e. The first-order valence-corrected chi connectivity index (χ1v) is 10.8. The summed E-state index contributed by atoms with van der Waals surface area (Å²) in [6, 6.07) is 22.8. The van der Waals surface area contributed by atoms with Crippen LogP contribution in [-0.4, -0.2) is 35.9 Å². The minimum Gasteiger partial charge on any atom is -0.483 e. The van der Waals surface area contributed by atoms with E-state index in [1.165, 1.54) is 0 Å². The molecule has 1 atom stereocenters. The molecule has 1 N–H and O–H groups in total. The van der Waals surface area contributed by atoms with E-state index in [0.717, 1.165) is 29.2 Å². The lowest BCUT2D eigenvalue weighted by Gasteiger charge is -2.29. The number of nitrogens with zero attached hydrogens (tertiary/aromatic N) is 1. The van der Waals surface area contributed by atoms with Crippen LogP contribution in [0.2, 0.25) is 0 Å². The molecule has 0 aromatic heterocycles. The molecule has 0 spiro atoms. The monoisotopic (exact) mass is 418 g/mol. The first-order valence-electron chi connectivity index (χ1n) is 10.8. The Balaban J connectivity index is 1.74. The number of hydrogen-bond donors (Lipinski definition) is 1. The normalized spacial score (nSPS) is 11.7. The van der Waals surface area contributed by atoms with Gasteiger partial charge in [0, 0.05) is 18.5 Å². The Labute approximate surface area is 184 Å². The Kier molecular flexibility index (Phi) is 8.05. The highest BCUT2D eigenvalue weighted by Gasteiger charge is 2.26. The molecule has 0 aliphatic carbocycles. The molecule has 3 aromatic carbocycles. The van der Waals surface area contributed by atoms with Gasteiger partial charge in [0.25, 0.3) is 5.91 Å². The van der Waals surface area contributed by atoms with Crippen LogP contribution < -0.4 is 10.1 Å². The third kappa shape index (κ3) is 6.07. The fraction of sp³-hybridized carbons (Fsp3) is 0.308. The summed E-state index contributed by atoms with van der Waals surface area (Å²) in [6.45, 7) is 4.67. The van der Waals surface area contributed by atoms with Crippen molar-refractivity contribution < 1.29 is 14.3 Å². The van der Waals surface area contributed by atoms with E-state index < -0.39 is 6.04 Å². The summed E-state index contributed by atoms with van der Waals surface area (Å²) in [4.78, 5) is 27.4. The third-order valence-corrected chi connectivity index (χ3v) is 5.29. The van der Waals surface area contributed by atoms with Crippen LogP contribution in [0.5, 0.6) is 5.75 Å². The van der Waals surface area contributed by atoms with Crippen molar-refractivity contribution in [1.29, 1.82) is 0 Å². The van der Waals surface area contributed by atoms with E-state index >= 15 is 0 Å². The number of unbranched alkanes of at least 4 members (excludes halogenated alkanes) is 1.